The molecule has 1 heterocycles. The minimum atomic E-state index is -0.378. The molecule has 0 unspecified atom stereocenters. The third-order valence-electron chi connectivity index (χ3n) is 4.27. The second kappa shape index (κ2) is 9.32. The van der Waals surface area contributed by atoms with Crippen LogP contribution < -0.4 is 10.7 Å². The summed E-state index contributed by atoms with van der Waals surface area (Å²) in [5.74, 6) is 0.426. The lowest BCUT2D eigenvalue weighted by Crippen LogP contribution is -2.05. The van der Waals surface area contributed by atoms with Gasteiger partial charge in [0.1, 0.15) is 5.82 Å². The SMILES string of the molecule is Cc1ccc(/C=N/Nc2nc(Nc3ccc(Cl)cc3)nc(-c3cccc(F)c3)n2)cc1. The zero-order valence-electron chi connectivity index (χ0n) is 16.6. The van der Waals surface area contributed by atoms with E-state index in [1.54, 1.807) is 42.6 Å². The lowest BCUT2D eigenvalue weighted by atomic mass is 10.2. The quantitative estimate of drug-likeness (QED) is 0.296. The largest absolute Gasteiger partial charge is 0.324 e. The summed E-state index contributed by atoms with van der Waals surface area (Å²) >= 11 is 5.95. The Morgan fingerprint density at radius 2 is 1.65 bits per heavy atom. The van der Waals surface area contributed by atoms with Crippen LogP contribution in [0.15, 0.2) is 77.9 Å². The van der Waals surface area contributed by atoms with E-state index in [-0.39, 0.29) is 17.7 Å². The van der Waals surface area contributed by atoms with Crippen molar-refractivity contribution >= 4 is 35.4 Å². The van der Waals surface area contributed by atoms with Gasteiger partial charge in [-0.25, -0.2) is 9.82 Å². The number of nitrogens with one attached hydrogen (secondary N) is 2. The minimum Gasteiger partial charge on any atom is -0.324 e. The highest BCUT2D eigenvalue weighted by Gasteiger charge is 2.10. The maximum absolute atomic E-state index is 13.7. The number of rotatable bonds is 6. The fourth-order valence-electron chi connectivity index (χ4n) is 2.72. The standard InChI is InChI=1S/C23H18ClFN6/c1-15-5-7-16(8-6-15)14-26-31-23-29-21(17-3-2-4-19(25)13-17)28-22(30-23)27-20-11-9-18(24)10-12-20/h2-14H,1H3,(H2,27,28,29,30,31)/b26-14+. The number of halogens is 2. The van der Waals surface area contributed by atoms with E-state index in [0.29, 0.717) is 16.4 Å². The molecular formula is C23H18ClFN6. The number of aromatic nitrogens is 3. The second-order valence-corrected chi connectivity index (χ2v) is 7.17. The zero-order valence-corrected chi connectivity index (χ0v) is 17.3. The Balaban J connectivity index is 1.63. The van der Waals surface area contributed by atoms with Crippen LogP contribution >= 0.6 is 11.6 Å². The molecule has 0 fully saturated rings. The highest BCUT2D eigenvalue weighted by atomic mass is 35.5. The molecule has 0 amide bonds. The van der Waals surface area contributed by atoms with Gasteiger partial charge < -0.3 is 5.32 Å². The highest BCUT2D eigenvalue weighted by Crippen LogP contribution is 2.22. The van der Waals surface area contributed by atoms with Gasteiger partial charge in [0, 0.05) is 16.3 Å². The molecule has 2 N–H and O–H groups in total. The normalized spacial score (nSPS) is 10.9. The number of hydrogen-bond donors (Lipinski definition) is 2. The van der Waals surface area contributed by atoms with Crippen molar-refractivity contribution in [1.82, 2.24) is 15.0 Å². The molecule has 0 aliphatic heterocycles. The van der Waals surface area contributed by atoms with Gasteiger partial charge in [-0.2, -0.15) is 20.1 Å². The molecule has 0 saturated heterocycles. The Hall–Kier alpha value is -3.84. The Bertz CT molecular complexity index is 1210. The zero-order chi connectivity index (χ0) is 21.6. The molecule has 3 aromatic carbocycles. The first kappa shape index (κ1) is 20.4. The molecule has 0 aliphatic rings. The molecule has 154 valence electrons. The summed E-state index contributed by atoms with van der Waals surface area (Å²) in [5.41, 5.74) is 6.18. The molecule has 4 rings (SSSR count). The van der Waals surface area contributed by atoms with Gasteiger partial charge in [-0.3, -0.25) is 0 Å². The van der Waals surface area contributed by atoms with Gasteiger partial charge in [0.05, 0.1) is 6.21 Å². The maximum atomic E-state index is 13.7. The van der Waals surface area contributed by atoms with Crippen LogP contribution in [-0.2, 0) is 0 Å². The first-order valence-corrected chi connectivity index (χ1v) is 9.83. The average Bonchev–Trinajstić information content (AvgIpc) is 2.77. The van der Waals surface area contributed by atoms with Crippen LogP contribution in [0.1, 0.15) is 11.1 Å². The van der Waals surface area contributed by atoms with E-state index in [4.69, 9.17) is 11.6 Å². The first-order valence-electron chi connectivity index (χ1n) is 9.45. The number of hydrazone groups is 1. The van der Waals surface area contributed by atoms with Crippen molar-refractivity contribution < 1.29 is 4.39 Å². The lowest BCUT2D eigenvalue weighted by molar-refractivity contribution is 0.628. The van der Waals surface area contributed by atoms with Crippen LogP contribution in [0.3, 0.4) is 0 Å². The summed E-state index contributed by atoms with van der Waals surface area (Å²) in [6.07, 6.45) is 1.66. The van der Waals surface area contributed by atoms with E-state index in [9.17, 15) is 4.39 Å². The fourth-order valence-corrected chi connectivity index (χ4v) is 2.84. The molecule has 0 saturated carbocycles. The van der Waals surface area contributed by atoms with Crippen molar-refractivity contribution in [2.45, 2.75) is 6.92 Å². The Labute approximate surface area is 183 Å². The van der Waals surface area contributed by atoms with Gasteiger partial charge in [-0.1, -0.05) is 53.6 Å². The van der Waals surface area contributed by atoms with E-state index >= 15 is 0 Å². The van der Waals surface area contributed by atoms with Crippen LogP contribution in [0.5, 0.6) is 0 Å². The van der Waals surface area contributed by atoms with Crippen molar-refractivity contribution in [2.24, 2.45) is 5.10 Å². The molecule has 0 aliphatic carbocycles. The summed E-state index contributed by atoms with van der Waals surface area (Å²) in [5, 5.41) is 7.93. The van der Waals surface area contributed by atoms with Crippen molar-refractivity contribution in [3.05, 3.63) is 94.8 Å². The molecule has 4 aromatic rings. The van der Waals surface area contributed by atoms with E-state index in [1.165, 1.54) is 17.7 Å². The van der Waals surface area contributed by atoms with Crippen molar-refractivity contribution in [3.8, 4) is 11.4 Å². The summed E-state index contributed by atoms with van der Waals surface area (Å²) in [4.78, 5) is 13.1. The number of nitrogens with zero attached hydrogens (tertiary/aromatic N) is 4. The number of anilines is 3. The predicted molar refractivity (Wildman–Crippen MR) is 122 cm³/mol. The van der Waals surface area contributed by atoms with Crippen LogP contribution in [0, 0.1) is 12.7 Å². The van der Waals surface area contributed by atoms with Crippen LogP contribution in [0.25, 0.3) is 11.4 Å². The Morgan fingerprint density at radius 3 is 2.39 bits per heavy atom. The third kappa shape index (κ3) is 5.61. The molecule has 6 nitrogen and oxygen atoms in total. The topological polar surface area (TPSA) is 75.1 Å². The second-order valence-electron chi connectivity index (χ2n) is 6.73. The number of benzene rings is 3. The predicted octanol–water partition coefficient (Wildman–Crippen LogP) is 5.83. The fraction of sp³-hybridized carbons (Fsp3) is 0.0435. The first-order chi connectivity index (χ1) is 15.0. The summed E-state index contributed by atoms with van der Waals surface area (Å²) in [6, 6.07) is 21.1. The maximum Gasteiger partial charge on any atom is 0.248 e. The molecule has 8 heteroatoms. The van der Waals surface area contributed by atoms with Gasteiger partial charge in [0.2, 0.25) is 11.9 Å². The van der Waals surface area contributed by atoms with Crippen LogP contribution in [0.2, 0.25) is 5.02 Å². The van der Waals surface area contributed by atoms with E-state index in [0.717, 1.165) is 11.3 Å². The van der Waals surface area contributed by atoms with Gasteiger partial charge in [-0.15, -0.1) is 0 Å². The van der Waals surface area contributed by atoms with Gasteiger partial charge in [-0.05, 0) is 48.9 Å². The van der Waals surface area contributed by atoms with Crippen LogP contribution in [0.4, 0.5) is 22.0 Å². The molecule has 31 heavy (non-hydrogen) atoms. The molecule has 0 bridgehead atoms. The van der Waals surface area contributed by atoms with Gasteiger partial charge in [0.15, 0.2) is 5.82 Å². The summed E-state index contributed by atoms with van der Waals surface area (Å²) in [6.45, 7) is 2.02. The van der Waals surface area contributed by atoms with Crippen molar-refractivity contribution in [1.29, 1.82) is 0 Å². The minimum absolute atomic E-state index is 0.217. The molecule has 1 aromatic heterocycles. The number of aryl methyl sites for hydroxylation is 1. The van der Waals surface area contributed by atoms with E-state index in [1.807, 2.05) is 31.2 Å². The summed E-state index contributed by atoms with van der Waals surface area (Å²) in [7, 11) is 0. The molecular weight excluding hydrogens is 415 g/mol. The number of hydrogen-bond acceptors (Lipinski definition) is 6. The molecule has 0 radical (unpaired) electrons. The lowest BCUT2D eigenvalue weighted by Gasteiger charge is -2.09. The molecule has 0 spiro atoms. The third-order valence-corrected chi connectivity index (χ3v) is 4.53. The van der Waals surface area contributed by atoms with Crippen LogP contribution in [-0.4, -0.2) is 21.2 Å². The van der Waals surface area contributed by atoms with E-state index in [2.05, 4.69) is 30.8 Å². The summed E-state index contributed by atoms with van der Waals surface area (Å²) < 4.78 is 13.7. The smallest absolute Gasteiger partial charge is 0.248 e. The molecule has 0 atom stereocenters. The Kier molecular flexibility index (Phi) is 6.14. The monoisotopic (exact) mass is 432 g/mol. The van der Waals surface area contributed by atoms with Gasteiger partial charge in [0.25, 0.3) is 0 Å². The highest BCUT2D eigenvalue weighted by molar-refractivity contribution is 6.30. The van der Waals surface area contributed by atoms with Crippen molar-refractivity contribution in [2.75, 3.05) is 10.7 Å². The Morgan fingerprint density at radius 1 is 0.903 bits per heavy atom. The van der Waals surface area contributed by atoms with Gasteiger partial charge >= 0.3 is 0 Å². The van der Waals surface area contributed by atoms with Crippen molar-refractivity contribution in [3.63, 3.8) is 0 Å². The van der Waals surface area contributed by atoms with E-state index < -0.39 is 0 Å². The average molecular weight is 433 g/mol.